The predicted molar refractivity (Wildman–Crippen MR) is 75.9 cm³/mol. The molecule has 3 heterocycles. The molecule has 0 radical (unpaired) electrons. The van der Waals surface area contributed by atoms with Crippen molar-refractivity contribution in [3.63, 3.8) is 0 Å². The molecule has 2 N–H and O–H groups in total. The zero-order chi connectivity index (χ0) is 15.7. The number of aromatic amines is 1. The highest BCUT2D eigenvalue weighted by molar-refractivity contribution is 9.10. The average Bonchev–Trinajstić information content (AvgIpc) is 3.07. The Morgan fingerprint density at radius 2 is 2.18 bits per heavy atom. The van der Waals surface area contributed by atoms with Gasteiger partial charge in [0.2, 0.25) is 5.89 Å². The van der Waals surface area contributed by atoms with Gasteiger partial charge in [-0.15, -0.1) is 0 Å². The third kappa shape index (κ3) is 3.00. The number of fused-ring (bicyclic) bond motifs is 1. The fraction of sp³-hybridized carbons (Fsp3) is 0.231. The van der Waals surface area contributed by atoms with Gasteiger partial charge < -0.3 is 9.40 Å². The van der Waals surface area contributed by atoms with Gasteiger partial charge in [0.25, 0.3) is 0 Å². The molecule has 0 saturated heterocycles. The molecular weight excluding hydrogens is 365 g/mol. The molecule has 0 spiro atoms. The average molecular weight is 375 g/mol. The summed E-state index contributed by atoms with van der Waals surface area (Å²) in [6.45, 7) is -0.134. The Hall–Kier alpha value is -1.87. The molecule has 1 atom stereocenters. The van der Waals surface area contributed by atoms with Gasteiger partial charge in [0.15, 0.2) is 0 Å². The maximum absolute atomic E-state index is 13.4. The van der Waals surface area contributed by atoms with Crippen LogP contribution in [0.5, 0.6) is 0 Å². The molecule has 0 aromatic carbocycles. The lowest BCUT2D eigenvalue weighted by Crippen LogP contribution is -2.33. The fourth-order valence-electron chi connectivity index (χ4n) is 2.17. The van der Waals surface area contributed by atoms with Crippen LogP contribution in [0.1, 0.15) is 17.5 Å². The number of H-pyrrole nitrogens is 1. The number of nitrogens with one attached hydrogen (secondary N) is 2. The van der Waals surface area contributed by atoms with E-state index in [1.54, 1.807) is 6.07 Å². The van der Waals surface area contributed by atoms with E-state index in [4.69, 9.17) is 4.42 Å². The highest BCUT2D eigenvalue weighted by Crippen LogP contribution is 2.36. The van der Waals surface area contributed by atoms with Gasteiger partial charge in [0, 0.05) is 27.8 Å². The summed E-state index contributed by atoms with van der Waals surface area (Å²) in [6, 6.07) is -0.260. The highest BCUT2D eigenvalue weighted by Gasteiger charge is 2.42. The Bertz CT molecular complexity index is 769. The summed E-state index contributed by atoms with van der Waals surface area (Å²) in [5, 5.41) is 2.83. The van der Waals surface area contributed by atoms with Crippen LogP contribution >= 0.6 is 15.9 Å². The molecule has 0 bridgehead atoms. The molecule has 0 aliphatic carbocycles. The zero-order valence-electron chi connectivity index (χ0n) is 11.0. The Morgan fingerprint density at radius 3 is 2.86 bits per heavy atom. The molecule has 3 rings (SSSR count). The molecule has 1 unspecified atom stereocenters. The van der Waals surface area contributed by atoms with Crippen LogP contribution in [-0.4, -0.2) is 21.1 Å². The smallest absolute Gasteiger partial charge is 0.407 e. The van der Waals surface area contributed by atoms with Crippen LogP contribution in [-0.2, 0) is 6.54 Å². The first-order valence-electron chi connectivity index (χ1n) is 6.26. The van der Waals surface area contributed by atoms with Crippen LogP contribution in [0.4, 0.5) is 13.2 Å². The first-order chi connectivity index (χ1) is 10.4. The number of aromatic nitrogens is 3. The first kappa shape index (κ1) is 15.0. The summed E-state index contributed by atoms with van der Waals surface area (Å²) in [5.41, 5.74) is 0.466. The molecule has 3 aromatic rings. The van der Waals surface area contributed by atoms with Crippen LogP contribution in [0.25, 0.3) is 11.0 Å². The number of nitrogens with zero attached hydrogens (tertiary/aromatic N) is 2. The van der Waals surface area contributed by atoms with Gasteiger partial charge in [0.05, 0.1) is 12.7 Å². The number of oxazole rings is 1. The molecular formula is C13H10BrF3N4O. The maximum atomic E-state index is 13.4. The quantitative estimate of drug-likeness (QED) is 0.730. The van der Waals surface area contributed by atoms with Crippen molar-refractivity contribution in [1.82, 2.24) is 20.3 Å². The lowest BCUT2D eigenvalue weighted by atomic mass is 10.1. The molecule has 0 aliphatic rings. The molecule has 0 amide bonds. The van der Waals surface area contributed by atoms with Crippen molar-refractivity contribution in [2.45, 2.75) is 18.8 Å². The SMILES string of the molecule is FC(F)(F)C(NCc1ncco1)c1c[nH]c2ncc(Br)cc12. The molecule has 116 valence electrons. The zero-order valence-corrected chi connectivity index (χ0v) is 12.6. The molecule has 9 heteroatoms. The van der Waals surface area contributed by atoms with E-state index in [-0.39, 0.29) is 18.0 Å². The lowest BCUT2D eigenvalue weighted by molar-refractivity contribution is -0.158. The summed E-state index contributed by atoms with van der Waals surface area (Å²) >= 11 is 3.22. The summed E-state index contributed by atoms with van der Waals surface area (Å²) in [5.74, 6) is 0.188. The molecule has 3 aromatic heterocycles. The van der Waals surface area contributed by atoms with E-state index in [0.29, 0.717) is 15.5 Å². The second kappa shape index (κ2) is 5.73. The monoisotopic (exact) mass is 374 g/mol. The summed E-state index contributed by atoms with van der Waals surface area (Å²) in [7, 11) is 0. The van der Waals surface area contributed by atoms with Crippen molar-refractivity contribution in [3.05, 3.63) is 46.8 Å². The summed E-state index contributed by atoms with van der Waals surface area (Å²) in [6.07, 6.45) is 1.05. The highest BCUT2D eigenvalue weighted by atomic mass is 79.9. The van der Waals surface area contributed by atoms with Crippen molar-refractivity contribution in [2.75, 3.05) is 0 Å². The Balaban J connectivity index is 1.95. The number of hydrogen-bond donors (Lipinski definition) is 2. The van der Waals surface area contributed by atoms with Crippen LogP contribution < -0.4 is 5.32 Å². The van der Waals surface area contributed by atoms with E-state index >= 15 is 0 Å². The number of halogens is 4. The van der Waals surface area contributed by atoms with E-state index in [0.717, 1.165) is 0 Å². The minimum absolute atomic E-state index is 0.0721. The van der Waals surface area contributed by atoms with Crippen molar-refractivity contribution < 1.29 is 17.6 Å². The van der Waals surface area contributed by atoms with Gasteiger partial charge in [-0.1, -0.05) is 0 Å². The van der Waals surface area contributed by atoms with Gasteiger partial charge in [-0.25, -0.2) is 9.97 Å². The largest absolute Gasteiger partial charge is 0.448 e. The van der Waals surface area contributed by atoms with Gasteiger partial charge in [-0.3, -0.25) is 5.32 Å². The van der Waals surface area contributed by atoms with Gasteiger partial charge in [0.1, 0.15) is 18.0 Å². The van der Waals surface area contributed by atoms with Crippen molar-refractivity contribution in [2.24, 2.45) is 0 Å². The molecule has 0 aliphatic heterocycles. The molecule has 0 fully saturated rings. The standard InChI is InChI=1S/C13H10BrF3N4O/c14-7-3-8-9(5-21-12(8)20-4-7)11(13(15,16)17)19-6-10-18-1-2-22-10/h1-5,11,19H,6H2,(H,20,21). The Kier molecular flexibility index (Phi) is 3.92. The second-order valence-corrected chi connectivity index (χ2v) is 5.49. The summed E-state index contributed by atoms with van der Waals surface area (Å²) < 4.78 is 45.7. The fourth-order valence-corrected chi connectivity index (χ4v) is 2.50. The lowest BCUT2D eigenvalue weighted by Gasteiger charge is -2.20. The van der Waals surface area contributed by atoms with E-state index in [1.807, 2.05) is 0 Å². The predicted octanol–water partition coefficient (Wildman–Crippen LogP) is 3.71. The normalized spacial score (nSPS) is 13.6. The van der Waals surface area contributed by atoms with Gasteiger partial charge in [-0.05, 0) is 22.0 Å². The first-order valence-corrected chi connectivity index (χ1v) is 7.05. The van der Waals surface area contributed by atoms with Gasteiger partial charge >= 0.3 is 6.18 Å². The van der Waals surface area contributed by atoms with E-state index in [2.05, 4.69) is 36.2 Å². The van der Waals surface area contributed by atoms with Crippen LogP contribution in [0.2, 0.25) is 0 Å². The topological polar surface area (TPSA) is 66.7 Å². The molecule has 0 saturated carbocycles. The van der Waals surface area contributed by atoms with Crippen LogP contribution in [0.15, 0.2) is 39.8 Å². The molecule has 22 heavy (non-hydrogen) atoms. The second-order valence-electron chi connectivity index (χ2n) is 4.58. The van der Waals surface area contributed by atoms with Gasteiger partial charge in [-0.2, -0.15) is 13.2 Å². The minimum atomic E-state index is -4.47. The third-order valence-corrected chi connectivity index (χ3v) is 3.54. The Labute approximate surface area is 131 Å². The number of alkyl halides is 3. The van der Waals surface area contributed by atoms with Crippen molar-refractivity contribution in [3.8, 4) is 0 Å². The van der Waals surface area contributed by atoms with Crippen LogP contribution in [0.3, 0.4) is 0 Å². The van der Waals surface area contributed by atoms with E-state index < -0.39 is 12.2 Å². The summed E-state index contributed by atoms with van der Waals surface area (Å²) in [4.78, 5) is 10.6. The minimum Gasteiger partial charge on any atom is -0.448 e. The van der Waals surface area contributed by atoms with E-state index in [9.17, 15) is 13.2 Å². The number of rotatable bonds is 4. The van der Waals surface area contributed by atoms with Crippen LogP contribution in [0, 0.1) is 0 Å². The Morgan fingerprint density at radius 1 is 1.36 bits per heavy atom. The maximum Gasteiger partial charge on any atom is 0.407 e. The van der Waals surface area contributed by atoms with Crippen molar-refractivity contribution in [1.29, 1.82) is 0 Å². The van der Waals surface area contributed by atoms with Crippen molar-refractivity contribution >= 4 is 27.0 Å². The number of hydrogen-bond acceptors (Lipinski definition) is 4. The molecule has 5 nitrogen and oxygen atoms in total. The number of pyridine rings is 1. The third-order valence-electron chi connectivity index (χ3n) is 3.11. The van der Waals surface area contributed by atoms with E-state index in [1.165, 1.54) is 24.9 Å².